The van der Waals surface area contributed by atoms with Crippen molar-refractivity contribution in [3.05, 3.63) is 72.4 Å². The smallest absolute Gasteiger partial charge is 0.357 e. The topological polar surface area (TPSA) is 64.4 Å². The first-order valence-electron chi connectivity index (χ1n) is 8.14. The van der Waals surface area contributed by atoms with Crippen LogP contribution in [0.25, 0.3) is 16.9 Å². The number of ether oxygens (including phenoxy) is 1. The summed E-state index contributed by atoms with van der Waals surface area (Å²) in [7, 11) is 3.22. The second-order valence-electron chi connectivity index (χ2n) is 5.89. The molecule has 26 heavy (non-hydrogen) atoms. The van der Waals surface area contributed by atoms with E-state index in [2.05, 4.69) is 5.10 Å². The third-order valence-electron chi connectivity index (χ3n) is 3.81. The largest absolute Gasteiger partial charge is 0.451 e. The van der Waals surface area contributed by atoms with Gasteiger partial charge in [-0.1, -0.05) is 48.5 Å². The molecule has 0 aliphatic heterocycles. The van der Waals surface area contributed by atoms with E-state index >= 15 is 0 Å². The molecule has 3 rings (SSSR count). The van der Waals surface area contributed by atoms with Crippen LogP contribution in [0.3, 0.4) is 0 Å². The first-order chi connectivity index (χ1) is 12.6. The van der Waals surface area contributed by atoms with Crippen molar-refractivity contribution >= 4 is 11.9 Å². The molecule has 0 N–H and O–H groups in total. The molecule has 6 nitrogen and oxygen atoms in total. The Labute approximate surface area is 151 Å². The summed E-state index contributed by atoms with van der Waals surface area (Å²) in [4.78, 5) is 25.6. The molecule has 0 unspecified atom stereocenters. The molecule has 0 radical (unpaired) electrons. The van der Waals surface area contributed by atoms with Gasteiger partial charge in [-0.25, -0.2) is 9.48 Å². The third kappa shape index (κ3) is 3.80. The highest BCUT2D eigenvalue weighted by Gasteiger charge is 2.20. The Morgan fingerprint density at radius 1 is 1.00 bits per heavy atom. The van der Waals surface area contributed by atoms with Gasteiger partial charge in [0.05, 0.1) is 11.4 Å². The van der Waals surface area contributed by atoms with E-state index in [1.807, 2.05) is 60.7 Å². The summed E-state index contributed by atoms with van der Waals surface area (Å²) >= 11 is 0. The maximum atomic E-state index is 12.6. The van der Waals surface area contributed by atoms with Gasteiger partial charge in [-0.2, -0.15) is 5.10 Å². The van der Waals surface area contributed by atoms with Gasteiger partial charge in [0, 0.05) is 19.7 Å². The number of amides is 1. The zero-order valence-electron chi connectivity index (χ0n) is 14.6. The monoisotopic (exact) mass is 349 g/mol. The Balaban J connectivity index is 1.96. The molecule has 0 spiro atoms. The van der Waals surface area contributed by atoms with Crippen LogP contribution in [-0.2, 0) is 9.53 Å². The highest BCUT2D eigenvalue weighted by molar-refractivity contribution is 5.91. The fourth-order valence-electron chi connectivity index (χ4n) is 2.37. The van der Waals surface area contributed by atoms with E-state index in [1.54, 1.807) is 20.2 Å². The van der Waals surface area contributed by atoms with Crippen molar-refractivity contribution < 1.29 is 14.3 Å². The fourth-order valence-corrected chi connectivity index (χ4v) is 2.37. The number of esters is 1. The van der Waals surface area contributed by atoms with Gasteiger partial charge in [-0.3, -0.25) is 4.79 Å². The lowest BCUT2D eigenvalue weighted by molar-refractivity contribution is -0.131. The van der Waals surface area contributed by atoms with E-state index in [4.69, 9.17) is 4.74 Å². The van der Waals surface area contributed by atoms with Gasteiger partial charge in [-0.15, -0.1) is 0 Å². The summed E-state index contributed by atoms with van der Waals surface area (Å²) in [6.45, 7) is -0.313. The molecule has 6 heteroatoms. The van der Waals surface area contributed by atoms with Crippen LogP contribution in [0, 0.1) is 0 Å². The number of hydrogen-bond donors (Lipinski definition) is 0. The molecule has 0 aliphatic rings. The predicted molar refractivity (Wildman–Crippen MR) is 98.0 cm³/mol. The average Bonchev–Trinajstić information content (AvgIpc) is 3.12. The van der Waals surface area contributed by atoms with E-state index in [0.717, 1.165) is 11.3 Å². The summed E-state index contributed by atoms with van der Waals surface area (Å²) in [6, 6.07) is 20.6. The van der Waals surface area contributed by atoms with E-state index in [-0.39, 0.29) is 18.2 Å². The molecule has 3 aromatic rings. The van der Waals surface area contributed by atoms with Gasteiger partial charge >= 0.3 is 5.97 Å². The second-order valence-corrected chi connectivity index (χ2v) is 5.89. The zero-order chi connectivity index (χ0) is 18.5. The van der Waals surface area contributed by atoms with Crippen LogP contribution >= 0.6 is 0 Å². The third-order valence-corrected chi connectivity index (χ3v) is 3.81. The fraction of sp³-hybridized carbons (Fsp3) is 0.150. The lowest BCUT2D eigenvalue weighted by Gasteiger charge is -2.11. The Morgan fingerprint density at radius 3 is 2.23 bits per heavy atom. The van der Waals surface area contributed by atoms with Gasteiger partial charge in [-0.05, 0) is 18.2 Å². The SMILES string of the molecule is CN(C)C(=O)COC(=O)c1cc(-c2ccccc2)nn1-c1ccccc1. The first kappa shape index (κ1) is 17.4. The van der Waals surface area contributed by atoms with Crippen LogP contribution in [0.2, 0.25) is 0 Å². The minimum absolute atomic E-state index is 0.265. The maximum absolute atomic E-state index is 12.6. The molecule has 2 aromatic carbocycles. The number of para-hydroxylation sites is 1. The van der Waals surface area contributed by atoms with E-state index in [0.29, 0.717) is 5.69 Å². The summed E-state index contributed by atoms with van der Waals surface area (Å²) in [6.07, 6.45) is 0. The van der Waals surface area contributed by atoms with Crippen molar-refractivity contribution in [2.24, 2.45) is 0 Å². The van der Waals surface area contributed by atoms with E-state index in [1.165, 1.54) is 9.58 Å². The van der Waals surface area contributed by atoms with Crippen LogP contribution in [-0.4, -0.2) is 47.3 Å². The van der Waals surface area contributed by atoms with Crippen molar-refractivity contribution in [1.29, 1.82) is 0 Å². The van der Waals surface area contributed by atoms with Crippen LogP contribution in [0.15, 0.2) is 66.7 Å². The molecule has 0 fully saturated rings. The number of hydrogen-bond acceptors (Lipinski definition) is 4. The number of aromatic nitrogens is 2. The average molecular weight is 349 g/mol. The number of rotatable bonds is 5. The number of benzene rings is 2. The molecular formula is C20H19N3O3. The van der Waals surface area contributed by atoms with Crippen LogP contribution in [0.1, 0.15) is 10.5 Å². The van der Waals surface area contributed by atoms with Crippen molar-refractivity contribution in [3.63, 3.8) is 0 Å². The number of likely N-dealkylation sites (N-methyl/N-ethyl adjacent to an activating group) is 1. The van der Waals surface area contributed by atoms with Crippen molar-refractivity contribution in [3.8, 4) is 16.9 Å². The van der Waals surface area contributed by atoms with Gasteiger partial charge < -0.3 is 9.64 Å². The molecule has 1 aromatic heterocycles. The van der Waals surface area contributed by atoms with Gasteiger partial charge in [0.25, 0.3) is 5.91 Å². The molecule has 0 saturated heterocycles. The van der Waals surface area contributed by atoms with E-state index < -0.39 is 5.97 Å². The normalized spacial score (nSPS) is 10.4. The Morgan fingerprint density at radius 2 is 1.62 bits per heavy atom. The molecule has 1 amide bonds. The molecule has 132 valence electrons. The lowest BCUT2D eigenvalue weighted by Crippen LogP contribution is -2.28. The summed E-state index contributed by atoms with van der Waals surface area (Å²) < 4.78 is 6.70. The summed E-state index contributed by atoms with van der Waals surface area (Å²) in [5.41, 5.74) is 2.54. The lowest BCUT2D eigenvalue weighted by atomic mass is 10.1. The predicted octanol–water partition coefficient (Wildman–Crippen LogP) is 2.78. The molecule has 0 aliphatic carbocycles. The summed E-state index contributed by atoms with van der Waals surface area (Å²) in [5.74, 6) is -0.883. The molecule has 1 heterocycles. The van der Waals surface area contributed by atoms with E-state index in [9.17, 15) is 9.59 Å². The van der Waals surface area contributed by atoms with Gasteiger partial charge in [0.15, 0.2) is 12.3 Å². The highest BCUT2D eigenvalue weighted by atomic mass is 16.5. The van der Waals surface area contributed by atoms with Crippen molar-refractivity contribution in [1.82, 2.24) is 14.7 Å². The van der Waals surface area contributed by atoms with Crippen LogP contribution in [0.5, 0.6) is 0 Å². The number of carbonyl (C=O) groups is 2. The van der Waals surface area contributed by atoms with Gasteiger partial charge in [0.2, 0.25) is 0 Å². The maximum Gasteiger partial charge on any atom is 0.357 e. The van der Waals surface area contributed by atoms with Gasteiger partial charge in [0.1, 0.15) is 0 Å². The van der Waals surface area contributed by atoms with Crippen LogP contribution < -0.4 is 0 Å². The van der Waals surface area contributed by atoms with Crippen LogP contribution in [0.4, 0.5) is 0 Å². The second kappa shape index (κ2) is 7.65. The minimum atomic E-state index is -0.598. The van der Waals surface area contributed by atoms with Crippen molar-refractivity contribution in [2.75, 3.05) is 20.7 Å². The highest BCUT2D eigenvalue weighted by Crippen LogP contribution is 2.22. The number of carbonyl (C=O) groups excluding carboxylic acids is 2. The van der Waals surface area contributed by atoms with Crippen molar-refractivity contribution in [2.45, 2.75) is 0 Å². The summed E-state index contributed by atoms with van der Waals surface area (Å²) in [5, 5.41) is 4.55. The Kier molecular flexibility index (Phi) is 5.12. The minimum Gasteiger partial charge on any atom is -0.451 e. The molecule has 0 saturated carbocycles. The zero-order valence-corrected chi connectivity index (χ0v) is 14.6. The number of nitrogens with zero attached hydrogens (tertiary/aromatic N) is 3. The quantitative estimate of drug-likeness (QED) is 0.665. The standard InChI is InChI=1S/C20H19N3O3/c1-22(2)19(24)14-26-20(25)18-13-17(15-9-5-3-6-10-15)21-23(18)16-11-7-4-8-12-16/h3-13H,14H2,1-2H3. The Hall–Kier alpha value is -3.41. The Bertz CT molecular complexity index is 903. The molecule has 0 bridgehead atoms. The first-order valence-corrected chi connectivity index (χ1v) is 8.14. The molecule has 0 atom stereocenters. The molecular weight excluding hydrogens is 330 g/mol.